The predicted molar refractivity (Wildman–Crippen MR) is 172 cm³/mol. The summed E-state index contributed by atoms with van der Waals surface area (Å²) in [6.07, 6.45) is -1.52. The van der Waals surface area contributed by atoms with E-state index in [4.69, 9.17) is 0 Å². The number of benzene rings is 4. The molecule has 2 amide bonds. The van der Waals surface area contributed by atoms with E-state index in [9.17, 15) is 32.7 Å². The summed E-state index contributed by atoms with van der Waals surface area (Å²) in [4.78, 5) is 43.2. The molecule has 1 saturated heterocycles. The van der Waals surface area contributed by atoms with Gasteiger partial charge < -0.3 is 14.9 Å². The Morgan fingerprint density at radius 3 is 1.87 bits per heavy atom. The van der Waals surface area contributed by atoms with Crippen molar-refractivity contribution >= 4 is 17.8 Å². The third-order valence-corrected chi connectivity index (χ3v) is 9.08. The van der Waals surface area contributed by atoms with Gasteiger partial charge in [-0.05, 0) is 77.8 Å². The first-order valence-corrected chi connectivity index (χ1v) is 15.8. The van der Waals surface area contributed by atoms with Crippen molar-refractivity contribution in [2.75, 3.05) is 13.1 Å². The molecule has 0 spiro atoms. The number of nitrogens with zero attached hydrogens (tertiary/aromatic N) is 2. The number of carbonyl (C=O) groups is 3. The summed E-state index contributed by atoms with van der Waals surface area (Å²) >= 11 is 0. The lowest BCUT2D eigenvalue weighted by atomic mass is 9.96. The second kappa shape index (κ2) is 13.4. The molecule has 4 aromatic carbocycles. The number of amides is 2. The van der Waals surface area contributed by atoms with Gasteiger partial charge in [0.15, 0.2) is 0 Å². The van der Waals surface area contributed by atoms with Gasteiger partial charge in [-0.1, -0.05) is 78.9 Å². The van der Waals surface area contributed by atoms with Crippen LogP contribution in [0.15, 0.2) is 103 Å². The molecular formula is C38H35F3N2O4. The van der Waals surface area contributed by atoms with Gasteiger partial charge in [-0.2, -0.15) is 13.2 Å². The van der Waals surface area contributed by atoms with E-state index in [1.807, 2.05) is 59.5 Å². The van der Waals surface area contributed by atoms with Crippen molar-refractivity contribution in [3.63, 3.8) is 0 Å². The number of rotatable bonds is 10. The molecule has 0 bridgehead atoms. The zero-order valence-corrected chi connectivity index (χ0v) is 25.7. The molecule has 6 rings (SSSR count). The maximum Gasteiger partial charge on any atom is 0.416 e. The molecule has 2 fully saturated rings. The van der Waals surface area contributed by atoms with Crippen LogP contribution in [0.2, 0.25) is 0 Å². The Labute approximate surface area is 271 Å². The Hall–Kier alpha value is -4.92. The van der Waals surface area contributed by atoms with Crippen molar-refractivity contribution in [1.82, 2.24) is 9.80 Å². The molecule has 0 aromatic heterocycles. The maximum absolute atomic E-state index is 14.3. The Balaban J connectivity index is 1.32. The van der Waals surface area contributed by atoms with Gasteiger partial charge in [0.25, 0.3) is 5.91 Å². The highest BCUT2D eigenvalue weighted by atomic mass is 19.4. The third kappa shape index (κ3) is 7.40. The number of carboxylic acids is 1. The number of likely N-dealkylation sites (tertiary alicyclic amines) is 1. The van der Waals surface area contributed by atoms with Gasteiger partial charge in [0, 0.05) is 30.6 Å². The average Bonchev–Trinajstić information content (AvgIpc) is 3.83. The number of carbonyl (C=O) groups excluding carboxylic acids is 2. The molecule has 47 heavy (non-hydrogen) atoms. The SMILES string of the molecule is O=C(O)CC(c1ccc(-c2ccccc2)cc1)N(C[C@H]1CCCN1C(=O)C1CC1)C(=O)c1ccc(-c2ccc(C(F)(F)F)cc2)cc1. The van der Waals surface area contributed by atoms with Crippen LogP contribution < -0.4 is 0 Å². The van der Waals surface area contributed by atoms with E-state index in [2.05, 4.69) is 0 Å². The van der Waals surface area contributed by atoms with Crippen LogP contribution >= 0.6 is 0 Å². The Bertz CT molecular complexity index is 1720. The highest BCUT2D eigenvalue weighted by Crippen LogP contribution is 2.36. The minimum atomic E-state index is -4.44. The smallest absolute Gasteiger partial charge is 0.416 e. The second-order valence-corrected chi connectivity index (χ2v) is 12.3. The van der Waals surface area contributed by atoms with Gasteiger partial charge in [0.05, 0.1) is 18.0 Å². The van der Waals surface area contributed by atoms with Gasteiger partial charge >= 0.3 is 12.1 Å². The van der Waals surface area contributed by atoms with Crippen LogP contribution in [0.1, 0.15) is 59.6 Å². The summed E-state index contributed by atoms with van der Waals surface area (Å²) in [5, 5.41) is 10.0. The van der Waals surface area contributed by atoms with Crippen molar-refractivity contribution in [3.05, 3.63) is 120 Å². The molecule has 6 nitrogen and oxygen atoms in total. The van der Waals surface area contributed by atoms with Gasteiger partial charge in [-0.3, -0.25) is 14.4 Å². The molecule has 2 atom stereocenters. The Kier molecular flexibility index (Phi) is 9.16. The monoisotopic (exact) mass is 640 g/mol. The van der Waals surface area contributed by atoms with Crippen LogP contribution in [-0.4, -0.2) is 51.8 Å². The van der Waals surface area contributed by atoms with E-state index in [1.165, 1.54) is 12.1 Å². The van der Waals surface area contributed by atoms with Gasteiger partial charge in [0.2, 0.25) is 5.91 Å². The maximum atomic E-state index is 14.3. The van der Waals surface area contributed by atoms with Gasteiger partial charge in [-0.15, -0.1) is 0 Å². The van der Waals surface area contributed by atoms with E-state index >= 15 is 0 Å². The van der Waals surface area contributed by atoms with Crippen LogP contribution in [0.3, 0.4) is 0 Å². The van der Waals surface area contributed by atoms with Crippen LogP contribution in [0, 0.1) is 5.92 Å². The van der Waals surface area contributed by atoms with Crippen LogP contribution in [-0.2, 0) is 15.8 Å². The number of alkyl halides is 3. The summed E-state index contributed by atoms with van der Waals surface area (Å²) < 4.78 is 39.2. The average molecular weight is 641 g/mol. The van der Waals surface area contributed by atoms with E-state index in [-0.39, 0.29) is 36.7 Å². The van der Waals surface area contributed by atoms with Crippen molar-refractivity contribution in [2.45, 2.75) is 50.4 Å². The lowest BCUT2D eigenvalue weighted by Gasteiger charge is -2.36. The lowest BCUT2D eigenvalue weighted by Crippen LogP contribution is -2.47. The summed E-state index contributed by atoms with van der Waals surface area (Å²) in [7, 11) is 0. The molecule has 9 heteroatoms. The normalized spacial score (nSPS) is 16.9. The zero-order valence-electron chi connectivity index (χ0n) is 25.7. The highest BCUT2D eigenvalue weighted by molar-refractivity contribution is 5.95. The largest absolute Gasteiger partial charge is 0.481 e. The number of halogens is 3. The van der Waals surface area contributed by atoms with Crippen molar-refractivity contribution in [2.24, 2.45) is 5.92 Å². The molecule has 4 aromatic rings. The molecule has 242 valence electrons. The molecule has 0 radical (unpaired) electrons. The predicted octanol–water partition coefficient (Wildman–Crippen LogP) is 8.10. The van der Waals surface area contributed by atoms with E-state index < -0.39 is 23.8 Å². The van der Waals surface area contributed by atoms with E-state index in [1.54, 1.807) is 29.2 Å². The number of aliphatic carboxylic acids is 1. The zero-order chi connectivity index (χ0) is 33.1. The van der Waals surface area contributed by atoms with Crippen LogP contribution in [0.25, 0.3) is 22.3 Å². The van der Waals surface area contributed by atoms with E-state index in [0.29, 0.717) is 35.2 Å². The molecule has 1 aliphatic heterocycles. The molecular weight excluding hydrogens is 605 g/mol. The van der Waals surface area contributed by atoms with Crippen LogP contribution in [0.5, 0.6) is 0 Å². The van der Waals surface area contributed by atoms with Crippen molar-refractivity contribution < 1.29 is 32.7 Å². The van der Waals surface area contributed by atoms with E-state index in [0.717, 1.165) is 42.5 Å². The standard InChI is InChI=1S/C38H35F3N2O4/c39-38(40,41)32-20-18-28(19-21-32)27-10-14-31(15-11-27)37(47)43(24-33-7-4-22-42(33)36(46)30-16-17-30)34(23-35(44)45)29-12-8-26(9-13-29)25-5-2-1-3-6-25/h1-3,5-6,8-15,18-21,30,33-34H,4,7,16-17,22-24H2,(H,44,45)/t33-,34?/m1/s1. The minimum Gasteiger partial charge on any atom is -0.481 e. The summed E-state index contributed by atoms with van der Waals surface area (Å²) in [6.45, 7) is 0.787. The van der Waals surface area contributed by atoms with Crippen molar-refractivity contribution in [3.8, 4) is 22.3 Å². The molecule has 1 N–H and O–H groups in total. The minimum absolute atomic E-state index is 0.0258. The van der Waals surface area contributed by atoms with Gasteiger partial charge in [-0.25, -0.2) is 0 Å². The Morgan fingerprint density at radius 1 is 0.766 bits per heavy atom. The Morgan fingerprint density at radius 2 is 1.32 bits per heavy atom. The molecule has 1 unspecified atom stereocenters. The molecule has 1 saturated carbocycles. The second-order valence-electron chi connectivity index (χ2n) is 12.3. The first-order chi connectivity index (χ1) is 22.6. The number of hydrogen-bond acceptors (Lipinski definition) is 3. The van der Waals surface area contributed by atoms with Crippen LogP contribution in [0.4, 0.5) is 13.2 Å². The third-order valence-electron chi connectivity index (χ3n) is 9.08. The topological polar surface area (TPSA) is 77.9 Å². The molecule has 1 heterocycles. The summed E-state index contributed by atoms with van der Waals surface area (Å²) in [5.74, 6) is -1.32. The fraction of sp³-hybridized carbons (Fsp3) is 0.289. The summed E-state index contributed by atoms with van der Waals surface area (Å²) in [6, 6.07) is 27.7. The highest BCUT2D eigenvalue weighted by Gasteiger charge is 2.40. The summed E-state index contributed by atoms with van der Waals surface area (Å²) in [5.41, 5.74) is 3.40. The van der Waals surface area contributed by atoms with Gasteiger partial charge in [0.1, 0.15) is 0 Å². The number of hydrogen-bond donors (Lipinski definition) is 1. The van der Waals surface area contributed by atoms with Crippen molar-refractivity contribution in [1.29, 1.82) is 0 Å². The fourth-order valence-electron chi connectivity index (χ4n) is 6.38. The number of carboxylic acid groups (broad SMARTS) is 1. The quantitative estimate of drug-likeness (QED) is 0.190. The molecule has 2 aliphatic rings. The first kappa shape index (κ1) is 32.0. The first-order valence-electron chi connectivity index (χ1n) is 15.8. The fourth-order valence-corrected chi connectivity index (χ4v) is 6.38. The molecule has 1 aliphatic carbocycles. The lowest BCUT2D eigenvalue weighted by molar-refractivity contribution is -0.139.